The number of hydrogen-bond acceptors (Lipinski definition) is 3. The van der Waals surface area contributed by atoms with Crippen LogP contribution in [0.1, 0.15) is 42.5 Å². The molecule has 3 amide bonds. The van der Waals surface area contributed by atoms with Gasteiger partial charge in [0.05, 0.1) is 0 Å². The van der Waals surface area contributed by atoms with E-state index in [0.29, 0.717) is 18.5 Å². The number of carbonyl (C=O) groups excluding carboxylic acids is 3. The third-order valence-electron chi connectivity index (χ3n) is 5.11. The molecule has 1 aromatic carbocycles. The number of carbonyl (C=O) groups is 3. The molecule has 0 aromatic heterocycles. The second-order valence-corrected chi connectivity index (χ2v) is 6.87. The normalized spacial score (nSPS) is 19.7. The van der Waals surface area contributed by atoms with E-state index in [0.717, 1.165) is 25.7 Å². The van der Waals surface area contributed by atoms with Crippen molar-refractivity contribution in [2.24, 2.45) is 5.92 Å². The highest BCUT2D eigenvalue weighted by Crippen LogP contribution is 2.31. The smallest absolute Gasteiger partial charge is 0.251 e. The molecule has 3 rings (SSSR count). The number of amides is 3. The van der Waals surface area contributed by atoms with Gasteiger partial charge in [0.15, 0.2) is 0 Å². The Hall–Kier alpha value is -2.44. The van der Waals surface area contributed by atoms with E-state index in [-0.39, 0.29) is 36.7 Å². The summed E-state index contributed by atoms with van der Waals surface area (Å²) >= 11 is 0. The molecule has 1 atom stereocenters. The summed E-state index contributed by atoms with van der Waals surface area (Å²) in [4.78, 5) is 38.4. The molecule has 1 aromatic rings. The molecule has 0 unspecified atom stereocenters. The van der Waals surface area contributed by atoms with Crippen molar-refractivity contribution in [3.63, 3.8) is 0 Å². The summed E-state index contributed by atoms with van der Waals surface area (Å²) in [6.45, 7) is 1.20. The molecule has 2 fully saturated rings. The minimum absolute atomic E-state index is 0.0957. The lowest BCUT2D eigenvalue weighted by atomic mass is 9.84. The molecule has 1 aliphatic carbocycles. The first-order valence-corrected chi connectivity index (χ1v) is 9.18. The Morgan fingerprint density at radius 1 is 1.00 bits per heavy atom. The van der Waals surface area contributed by atoms with Crippen LogP contribution in [0.15, 0.2) is 24.3 Å². The summed E-state index contributed by atoms with van der Waals surface area (Å²) < 4.78 is 12.9. The summed E-state index contributed by atoms with van der Waals surface area (Å²) in [5.74, 6) is -0.670. The Morgan fingerprint density at radius 2 is 1.69 bits per heavy atom. The fourth-order valence-electron chi connectivity index (χ4n) is 3.38. The molecule has 1 heterocycles. The lowest BCUT2D eigenvalue weighted by Gasteiger charge is -2.32. The van der Waals surface area contributed by atoms with Crippen LogP contribution >= 0.6 is 0 Å². The number of benzene rings is 1. The summed E-state index contributed by atoms with van der Waals surface area (Å²) in [6, 6.07) is 4.88. The van der Waals surface area contributed by atoms with Gasteiger partial charge in [0.25, 0.3) is 5.91 Å². The molecule has 0 bridgehead atoms. The Labute approximate surface area is 152 Å². The van der Waals surface area contributed by atoms with Gasteiger partial charge in [-0.05, 0) is 49.9 Å². The van der Waals surface area contributed by atoms with E-state index in [1.165, 1.54) is 24.3 Å². The maximum Gasteiger partial charge on any atom is 0.251 e. The second kappa shape index (κ2) is 8.29. The van der Waals surface area contributed by atoms with Gasteiger partial charge in [0.1, 0.15) is 11.9 Å². The molecule has 140 valence electrons. The van der Waals surface area contributed by atoms with Crippen LogP contribution in [-0.2, 0) is 9.59 Å². The zero-order valence-electron chi connectivity index (χ0n) is 14.7. The van der Waals surface area contributed by atoms with Gasteiger partial charge in [-0.15, -0.1) is 0 Å². The van der Waals surface area contributed by atoms with Crippen molar-refractivity contribution in [3.05, 3.63) is 35.6 Å². The van der Waals surface area contributed by atoms with Crippen LogP contribution in [0.2, 0.25) is 0 Å². The van der Waals surface area contributed by atoms with Crippen LogP contribution in [-0.4, -0.2) is 48.3 Å². The average molecular weight is 361 g/mol. The Morgan fingerprint density at radius 3 is 2.35 bits per heavy atom. The number of hydrogen-bond donors (Lipinski definition) is 2. The van der Waals surface area contributed by atoms with E-state index in [9.17, 15) is 18.8 Å². The number of nitrogens with one attached hydrogen (secondary N) is 2. The van der Waals surface area contributed by atoms with Crippen molar-refractivity contribution in [2.75, 3.05) is 19.6 Å². The van der Waals surface area contributed by atoms with Crippen LogP contribution in [0.5, 0.6) is 0 Å². The third-order valence-corrected chi connectivity index (χ3v) is 5.11. The topological polar surface area (TPSA) is 78.5 Å². The molecule has 6 nitrogen and oxygen atoms in total. The summed E-state index contributed by atoms with van der Waals surface area (Å²) in [5, 5.41) is 5.47. The number of rotatable bonds is 6. The highest BCUT2D eigenvalue weighted by Gasteiger charge is 2.38. The van der Waals surface area contributed by atoms with Gasteiger partial charge in [-0.2, -0.15) is 0 Å². The monoisotopic (exact) mass is 361 g/mol. The van der Waals surface area contributed by atoms with Crippen LogP contribution in [0.4, 0.5) is 4.39 Å². The first kappa shape index (κ1) is 18.4. The first-order chi connectivity index (χ1) is 12.6. The van der Waals surface area contributed by atoms with Gasteiger partial charge in [0, 0.05) is 31.1 Å². The van der Waals surface area contributed by atoms with Gasteiger partial charge in [-0.25, -0.2) is 4.39 Å². The molecule has 0 spiro atoms. The van der Waals surface area contributed by atoms with E-state index < -0.39 is 11.9 Å². The number of likely N-dealkylation sites (tertiary alicyclic amines) is 1. The van der Waals surface area contributed by atoms with Crippen molar-refractivity contribution in [3.8, 4) is 0 Å². The molecule has 1 saturated heterocycles. The van der Waals surface area contributed by atoms with Crippen molar-refractivity contribution in [2.45, 2.75) is 38.1 Å². The lowest BCUT2D eigenvalue weighted by molar-refractivity contribution is -0.143. The van der Waals surface area contributed by atoms with E-state index in [2.05, 4.69) is 10.6 Å². The Balaban J connectivity index is 1.41. The fraction of sp³-hybridized carbons (Fsp3) is 0.526. The molecule has 1 saturated carbocycles. The van der Waals surface area contributed by atoms with Crippen molar-refractivity contribution in [1.82, 2.24) is 15.5 Å². The lowest BCUT2D eigenvalue weighted by Crippen LogP contribution is -2.49. The van der Waals surface area contributed by atoms with Crippen molar-refractivity contribution in [1.29, 1.82) is 0 Å². The first-order valence-electron chi connectivity index (χ1n) is 9.18. The predicted octanol–water partition coefficient (Wildman–Crippen LogP) is 1.46. The molecule has 26 heavy (non-hydrogen) atoms. The van der Waals surface area contributed by atoms with Crippen LogP contribution in [0, 0.1) is 11.7 Å². The Kier molecular flexibility index (Phi) is 5.85. The SMILES string of the molecule is O=C(NCCNC(=O)[C@H]1CCCN1C(=O)C1CCC1)c1ccc(F)cc1. The molecule has 2 aliphatic rings. The maximum absolute atomic E-state index is 12.9. The van der Waals surface area contributed by atoms with E-state index in [4.69, 9.17) is 0 Å². The highest BCUT2D eigenvalue weighted by molar-refractivity contribution is 5.94. The standard InChI is InChI=1S/C19H24FN3O3/c20-15-8-6-13(7-9-15)17(24)21-10-11-22-18(25)16-5-2-12-23(16)19(26)14-3-1-4-14/h6-9,14,16H,1-5,10-12H2,(H,21,24)(H,22,25)/t16-/m1/s1. The highest BCUT2D eigenvalue weighted by atomic mass is 19.1. The summed E-state index contributed by atoms with van der Waals surface area (Å²) in [7, 11) is 0. The largest absolute Gasteiger partial charge is 0.353 e. The van der Waals surface area contributed by atoms with Gasteiger partial charge in [0.2, 0.25) is 11.8 Å². The van der Waals surface area contributed by atoms with Crippen molar-refractivity contribution < 1.29 is 18.8 Å². The molecule has 0 radical (unpaired) electrons. The van der Waals surface area contributed by atoms with Gasteiger partial charge >= 0.3 is 0 Å². The van der Waals surface area contributed by atoms with Crippen LogP contribution in [0.3, 0.4) is 0 Å². The van der Waals surface area contributed by atoms with Crippen molar-refractivity contribution >= 4 is 17.7 Å². The van der Waals surface area contributed by atoms with Crippen LogP contribution < -0.4 is 10.6 Å². The van der Waals surface area contributed by atoms with Gasteiger partial charge < -0.3 is 15.5 Å². The summed E-state index contributed by atoms with van der Waals surface area (Å²) in [6.07, 6.45) is 4.48. The fourth-order valence-corrected chi connectivity index (χ4v) is 3.38. The van der Waals surface area contributed by atoms with E-state index >= 15 is 0 Å². The quantitative estimate of drug-likeness (QED) is 0.753. The zero-order chi connectivity index (χ0) is 18.5. The molecule has 7 heteroatoms. The Bertz CT molecular complexity index is 673. The minimum Gasteiger partial charge on any atom is -0.353 e. The van der Waals surface area contributed by atoms with Gasteiger partial charge in [-0.3, -0.25) is 14.4 Å². The number of halogens is 1. The minimum atomic E-state index is -0.397. The predicted molar refractivity (Wildman–Crippen MR) is 93.8 cm³/mol. The van der Waals surface area contributed by atoms with Crippen LogP contribution in [0.25, 0.3) is 0 Å². The molecular weight excluding hydrogens is 337 g/mol. The second-order valence-electron chi connectivity index (χ2n) is 6.87. The molecule has 1 aliphatic heterocycles. The molecular formula is C19H24FN3O3. The zero-order valence-corrected chi connectivity index (χ0v) is 14.7. The maximum atomic E-state index is 12.9. The van der Waals surface area contributed by atoms with E-state index in [1.54, 1.807) is 4.90 Å². The molecule has 2 N–H and O–H groups in total. The summed E-state index contributed by atoms with van der Waals surface area (Å²) in [5.41, 5.74) is 0.366. The third kappa shape index (κ3) is 4.20. The average Bonchev–Trinajstić information content (AvgIpc) is 3.07. The van der Waals surface area contributed by atoms with E-state index in [1.807, 2.05) is 0 Å². The van der Waals surface area contributed by atoms with Gasteiger partial charge in [-0.1, -0.05) is 6.42 Å². The number of nitrogens with zero attached hydrogens (tertiary/aromatic N) is 1.